The molecule has 0 radical (unpaired) electrons. The van der Waals surface area contributed by atoms with Crippen LogP contribution >= 0.6 is 35.4 Å². The molecule has 1 aromatic heterocycles. The Morgan fingerprint density at radius 1 is 1.10 bits per heavy atom. The van der Waals surface area contributed by atoms with Crippen molar-refractivity contribution in [1.29, 1.82) is 5.26 Å². The average Bonchev–Trinajstić information content (AvgIpc) is 2.47. The number of rotatable bonds is 1. The minimum Gasteiger partial charge on any atom is -0.455 e. The Morgan fingerprint density at radius 2 is 1.86 bits per heavy atom. The summed E-state index contributed by atoms with van der Waals surface area (Å²) in [5, 5.41) is 11.1. The van der Waals surface area contributed by atoms with Gasteiger partial charge in [-0.1, -0.05) is 47.6 Å². The zero-order valence-electron chi connectivity index (χ0n) is 10.6. The van der Waals surface area contributed by atoms with E-state index in [9.17, 15) is 5.26 Å². The van der Waals surface area contributed by atoms with Gasteiger partial charge in [0.2, 0.25) is 0 Å². The molecule has 0 aliphatic heterocycles. The van der Waals surface area contributed by atoms with E-state index in [2.05, 4.69) is 6.07 Å². The summed E-state index contributed by atoms with van der Waals surface area (Å²) in [5.41, 5.74) is 1.50. The normalized spacial score (nSPS) is 10.5. The SMILES string of the molecule is N#Cc1c(-c2ccc(Cl)cc2Cl)oc2ccccc2c1=S. The van der Waals surface area contributed by atoms with Gasteiger partial charge in [-0.3, -0.25) is 0 Å². The molecule has 0 N–H and O–H groups in total. The molecule has 2 aromatic carbocycles. The quantitative estimate of drug-likeness (QED) is 0.512. The van der Waals surface area contributed by atoms with Gasteiger partial charge in [-0.05, 0) is 30.3 Å². The fraction of sp³-hybridized carbons (Fsp3) is 0. The fourth-order valence-electron chi connectivity index (χ4n) is 2.11. The molecule has 0 aliphatic carbocycles. The zero-order valence-corrected chi connectivity index (χ0v) is 12.9. The smallest absolute Gasteiger partial charge is 0.155 e. The molecule has 5 heteroatoms. The summed E-state index contributed by atoms with van der Waals surface area (Å²) in [7, 11) is 0. The maximum Gasteiger partial charge on any atom is 0.155 e. The first-order chi connectivity index (χ1) is 10.1. The molecule has 0 bridgehead atoms. The van der Waals surface area contributed by atoms with Crippen molar-refractivity contribution in [3.8, 4) is 17.4 Å². The second-order valence-electron chi connectivity index (χ2n) is 4.37. The average molecular weight is 332 g/mol. The molecule has 0 amide bonds. The van der Waals surface area contributed by atoms with Gasteiger partial charge in [0.1, 0.15) is 17.2 Å². The molecular formula is C16H7Cl2NOS. The summed E-state index contributed by atoms with van der Waals surface area (Å²) >= 11 is 17.5. The summed E-state index contributed by atoms with van der Waals surface area (Å²) in [6.45, 7) is 0. The third-order valence-corrected chi connectivity index (χ3v) is 4.06. The summed E-state index contributed by atoms with van der Waals surface area (Å²) in [6, 6.07) is 14.5. The maximum absolute atomic E-state index is 9.42. The van der Waals surface area contributed by atoms with Gasteiger partial charge in [0.05, 0.1) is 9.53 Å². The van der Waals surface area contributed by atoms with Crippen molar-refractivity contribution in [1.82, 2.24) is 0 Å². The van der Waals surface area contributed by atoms with Crippen LogP contribution in [0.1, 0.15) is 5.56 Å². The van der Waals surface area contributed by atoms with Crippen LogP contribution in [0.25, 0.3) is 22.3 Å². The van der Waals surface area contributed by atoms with Gasteiger partial charge in [-0.15, -0.1) is 0 Å². The van der Waals surface area contributed by atoms with E-state index in [0.29, 0.717) is 37.0 Å². The molecule has 0 unspecified atom stereocenters. The van der Waals surface area contributed by atoms with E-state index in [1.54, 1.807) is 24.3 Å². The number of halogens is 2. The van der Waals surface area contributed by atoms with E-state index >= 15 is 0 Å². The highest BCUT2D eigenvalue weighted by Gasteiger charge is 2.16. The minimum atomic E-state index is 0.299. The number of hydrogen-bond acceptors (Lipinski definition) is 3. The van der Waals surface area contributed by atoms with Crippen LogP contribution in [0.4, 0.5) is 0 Å². The van der Waals surface area contributed by atoms with Crippen molar-refractivity contribution in [2.24, 2.45) is 0 Å². The second-order valence-corrected chi connectivity index (χ2v) is 5.62. The molecule has 0 saturated heterocycles. The topological polar surface area (TPSA) is 36.9 Å². The van der Waals surface area contributed by atoms with E-state index in [1.165, 1.54) is 0 Å². The van der Waals surface area contributed by atoms with E-state index < -0.39 is 0 Å². The summed E-state index contributed by atoms with van der Waals surface area (Å²) in [5.74, 6) is 0.364. The van der Waals surface area contributed by atoms with Crippen molar-refractivity contribution in [2.75, 3.05) is 0 Å². The summed E-state index contributed by atoms with van der Waals surface area (Å²) in [6.07, 6.45) is 0. The van der Waals surface area contributed by atoms with Gasteiger partial charge in [0, 0.05) is 16.0 Å². The number of fused-ring (bicyclic) bond motifs is 1. The predicted octanol–water partition coefficient (Wildman–Crippen LogP) is 6.01. The number of hydrogen-bond donors (Lipinski definition) is 0. The summed E-state index contributed by atoms with van der Waals surface area (Å²) in [4.78, 5) is 0. The first-order valence-electron chi connectivity index (χ1n) is 6.03. The van der Waals surface area contributed by atoms with Gasteiger partial charge < -0.3 is 4.42 Å². The number of nitrogens with zero attached hydrogens (tertiary/aromatic N) is 1. The van der Waals surface area contributed by atoms with Crippen molar-refractivity contribution >= 4 is 46.4 Å². The number of nitriles is 1. The lowest BCUT2D eigenvalue weighted by Gasteiger charge is -2.08. The van der Waals surface area contributed by atoms with Crippen LogP contribution < -0.4 is 0 Å². The largest absolute Gasteiger partial charge is 0.455 e. The molecule has 0 spiro atoms. The standard InChI is InChI=1S/C16H7Cl2NOS/c17-9-5-6-10(13(18)7-9)15-12(8-19)16(21)11-3-1-2-4-14(11)20-15/h1-7H. The van der Waals surface area contributed by atoms with Gasteiger partial charge in [0.15, 0.2) is 5.76 Å². The molecule has 102 valence electrons. The van der Waals surface area contributed by atoms with Crippen LogP contribution in [-0.4, -0.2) is 0 Å². The first-order valence-corrected chi connectivity index (χ1v) is 7.19. The van der Waals surface area contributed by atoms with Crippen LogP contribution in [0, 0.1) is 15.8 Å². The van der Waals surface area contributed by atoms with Crippen LogP contribution in [-0.2, 0) is 0 Å². The van der Waals surface area contributed by atoms with Crippen molar-refractivity contribution in [2.45, 2.75) is 0 Å². The number of para-hydroxylation sites is 1. The van der Waals surface area contributed by atoms with E-state index in [1.807, 2.05) is 18.2 Å². The highest BCUT2D eigenvalue weighted by Crippen LogP contribution is 2.35. The Labute approximate surface area is 136 Å². The molecule has 0 saturated carbocycles. The first kappa shape index (κ1) is 14.1. The van der Waals surface area contributed by atoms with E-state index in [0.717, 1.165) is 5.39 Å². The molecule has 3 aromatic rings. The molecule has 0 atom stereocenters. The highest BCUT2D eigenvalue weighted by atomic mass is 35.5. The Morgan fingerprint density at radius 3 is 2.57 bits per heavy atom. The third-order valence-electron chi connectivity index (χ3n) is 3.09. The Bertz CT molecular complexity index is 957. The van der Waals surface area contributed by atoms with Crippen LogP contribution in [0.2, 0.25) is 10.0 Å². The lowest BCUT2D eigenvalue weighted by molar-refractivity contribution is 0.618. The summed E-state index contributed by atoms with van der Waals surface area (Å²) < 4.78 is 6.31. The van der Waals surface area contributed by atoms with Crippen molar-refractivity contribution in [3.63, 3.8) is 0 Å². The van der Waals surface area contributed by atoms with E-state index in [4.69, 9.17) is 39.8 Å². The van der Waals surface area contributed by atoms with Gasteiger partial charge in [-0.25, -0.2) is 0 Å². The molecule has 21 heavy (non-hydrogen) atoms. The Kier molecular flexibility index (Phi) is 3.69. The molecule has 2 nitrogen and oxygen atoms in total. The Hall–Kier alpha value is -1.86. The zero-order chi connectivity index (χ0) is 15.0. The fourth-order valence-corrected chi connectivity index (χ4v) is 2.91. The molecule has 1 heterocycles. The van der Waals surface area contributed by atoms with Crippen LogP contribution in [0.5, 0.6) is 0 Å². The lowest BCUT2D eigenvalue weighted by atomic mass is 10.1. The third kappa shape index (κ3) is 2.43. The second kappa shape index (κ2) is 5.50. The monoisotopic (exact) mass is 331 g/mol. The number of benzene rings is 2. The van der Waals surface area contributed by atoms with E-state index in [-0.39, 0.29) is 0 Å². The van der Waals surface area contributed by atoms with Gasteiger partial charge in [0.25, 0.3) is 0 Å². The molecule has 0 aliphatic rings. The van der Waals surface area contributed by atoms with Crippen LogP contribution in [0.15, 0.2) is 46.9 Å². The predicted molar refractivity (Wildman–Crippen MR) is 87.2 cm³/mol. The van der Waals surface area contributed by atoms with Gasteiger partial charge in [-0.2, -0.15) is 5.26 Å². The molecule has 3 rings (SSSR count). The maximum atomic E-state index is 9.42. The van der Waals surface area contributed by atoms with Crippen LogP contribution in [0.3, 0.4) is 0 Å². The van der Waals surface area contributed by atoms with Crippen molar-refractivity contribution in [3.05, 3.63) is 62.6 Å². The Balaban J connectivity index is 2.42. The van der Waals surface area contributed by atoms with Gasteiger partial charge >= 0.3 is 0 Å². The lowest BCUT2D eigenvalue weighted by Crippen LogP contribution is -1.89. The molecule has 0 fully saturated rings. The minimum absolute atomic E-state index is 0.299. The molecular weight excluding hydrogens is 325 g/mol. The van der Waals surface area contributed by atoms with Crippen molar-refractivity contribution < 1.29 is 4.42 Å². The highest BCUT2D eigenvalue weighted by molar-refractivity contribution is 7.71.